The Hall–Kier alpha value is -2.18. The molecule has 4 saturated carbocycles. The van der Waals surface area contributed by atoms with Crippen molar-refractivity contribution in [3.8, 4) is 0 Å². The van der Waals surface area contributed by atoms with Gasteiger partial charge in [0.25, 0.3) is 5.56 Å². The van der Waals surface area contributed by atoms with Crippen LogP contribution in [0, 0.1) is 17.8 Å². The molecule has 0 aromatic carbocycles. The summed E-state index contributed by atoms with van der Waals surface area (Å²) in [6, 6.07) is 0. The first-order valence-electron chi connectivity index (χ1n) is 10.3. The zero-order valence-corrected chi connectivity index (χ0v) is 16.0. The molecule has 6 rings (SSSR count). The molecule has 4 fully saturated rings. The van der Waals surface area contributed by atoms with Crippen LogP contribution in [0.5, 0.6) is 0 Å². The predicted octanol–water partition coefficient (Wildman–Crippen LogP) is 1.96. The van der Waals surface area contributed by atoms with Crippen molar-refractivity contribution in [2.45, 2.75) is 70.9 Å². The predicted molar refractivity (Wildman–Crippen MR) is 101 cm³/mol. The normalized spacial score (nSPS) is 31.5. The highest BCUT2D eigenvalue weighted by Crippen LogP contribution is 2.64. The number of carbonyl (C=O) groups excluding carboxylic acids is 1. The van der Waals surface area contributed by atoms with Crippen LogP contribution in [0.25, 0.3) is 11.2 Å². The standard InChI is InChI=1S/C20H26N4O3/c1-3-5-23-16-14(17(26)24(6-4-2)19(23)27)21-18(22-16)20-9-11-7-13(20)8-12(10-20)15(11)25/h11-13H,3-10H2,1-2H3,(H,21,22). The van der Waals surface area contributed by atoms with E-state index in [4.69, 9.17) is 4.98 Å². The lowest BCUT2D eigenvalue weighted by Gasteiger charge is -2.30. The number of aromatic amines is 1. The van der Waals surface area contributed by atoms with E-state index in [0.29, 0.717) is 36.0 Å². The van der Waals surface area contributed by atoms with Crippen molar-refractivity contribution < 1.29 is 4.79 Å². The largest absolute Gasteiger partial charge is 0.336 e. The van der Waals surface area contributed by atoms with E-state index >= 15 is 0 Å². The molecule has 2 aromatic rings. The van der Waals surface area contributed by atoms with Crippen molar-refractivity contribution >= 4 is 16.9 Å². The Kier molecular flexibility index (Phi) is 3.55. The fourth-order valence-corrected chi connectivity index (χ4v) is 6.10. The number of hydrogen-bond donors (Lipinski definition) is 1. The summed E-state index contributed by atoms with van der Waals surface area (Å²) in [4.78, 5) is 46.4. The molecule has 0 amide bonds. The first-order valence-corrected chi connectivity index (χ1v) is 10.3. The molecule has 0 radical (unpaired) electrons. The molecule has 0 aliphatic heterocycles. The third-order valence-electron chi connectivity index (χ3n) is 7.17. The molecule has 7 heteroatoms. The molecule has 2 heterocycles. The van der Waals surface area contributed by atoms with E-state index in [2.05, 4.69) is 4.98 Å². The fraction of sp³-hybridized carbons (Fsp3) is 0.700. The van der Waals surface area contributed by atoms with Gasteiger partial charge in [-0.1, -0.05) is 13.8 Å². The summed E-state index contributed by atoms with van der Waals surface area (Å²) in [6.07, 6.45) is 5.11. The first kappa shape index (κ1) is 17.0. The molecule has 4 bridgehead atoms. The van der Waals surface area contributed by atoms with Gasteiger partial charge < -0.3 is 4.98 Å². The number of Topliss-reactive ketones (excluding diaryl/α,β-unsaturated/α-hetero) is 1. The van der Waals surface area contributed by atoms with Crippen LogP contribution in [0.3, 0.4) is 0 Å². The Morgan fingerprint density at radius 3 is 2.30 bits per heavy atom. The second-order valence-corrected chi connectivity index (χ2v) is 8.70. The molecular formula is C20H26N4O3. The molecule has 0 spiro atoms. The van der Waals surface area contributed by atoms with Crippen molar-refractivity contribution in [1.82, 2.24) is 19.1 Å². The molecule has 144 valence electrons. The van der Waals surface area contributed by atoms with E-state index < -0.39 is 0 Å². The minimum absolute atomic E-state index is 0.114. The number of carbonyl (C=O) groups is 1. The van der Waals surface area contributed by atoms with Gasteiger partial charge in [-0.05, 0) is 44.4 Å². The Bertz CT molecular complexity index is 1040. The highest BCUT2D eigenvalue weighted by molar-refractivity contribution is 5.87. The summed E-state index contributed by atoms with van der Waals surface area (Å²) in [5, 5.41) is 0. The SMILES string of the molecule is CCCn1c(=O)c2[nH]c(C34CC5CC3CC(C4)C5=O)nc2n(CCC)c1=O. The van der Waals surface area contributed by atoms with Gasteiger partial charge in [0.05, 0.1) is 0 Å². The number of imidazole rings is 1. The van der Waals surface area contributed by atoms with Crippen molar-refractivity contribution in [2.24, 2.45) is 17.8 Å². The second-order valence-electron chi connectivity index (χ2n) is 8.70. The molecule has 4 aliphatic rings. The van der Waals surface area contributed by atoms with Crippen LogP contribution in [0.15, 0.2) is 9.59 Å². The number of H-pyrrole nitrogens is 1. The van der Waals surface area contributed by atoms with E-state index in [1.807, 2.05) is 13.8 Å². The minimum Gasteiger partial charge on any atom is -0.336 e. The number of nitrogens with one attached hydrogen (secondary N) is 1. The minimum atomic E-state index is -0.270. The van der Waals surface area contributed by atoms with E-state index in [-0.39, 0.29) is 28.5 Å². The Morgan fingerprint density at radius 2 is 1.67 bits per heavy atom. The summed E-state index contributed by atoms with van der Waals surface area (Å²) in [7, 11) is 0. The Balaban J connectivity index is 1.72. The van der Waals surface area contributed by atoms with Crippen LogP contribution in [0.4, 0.5) is 0 Å². The number of nitrogens with zero attached hydrogens (tertiary/aromatic N) is 3. The van der Waals surface area contributed by atoms with Gasteiger partial charge in [-0.2, -0.15) is 0 Å². The van der Waals surface area contributed by atoms with Crippen LogP contribution in [-0.4, -0.2) is 24.9 Å². The van der Waals surface area contributed by atoms with Crippen LogP contribution in [0.2, 0.25) is 0 Å². The number of ketones is 1. The summed E-state index contributed by atoms with van der Waals surface area (Å²) in [5.41, 5.74) is 0.282. The van der Waals surface area contributed by atoms with Gasteiger partial charge in [-0.15, -0.1) is 0 Å². The van der Waals surface area contributed by atoms with Crippen LogP contribution >= 0.6 is 0 Å². The lowest BCUT2D eigenvalue weighted by Crippen LogP contribution is -2.40. The summed E-state index contributed by atoms with van der Waals surface area (Å²) >= 11 is 0. The van der Waals surface area contributed by atoms with Gasteiger partial charge in [-0.3, -0.25) is 18.7 Å². The number of hydrogen-bond acceptors (Lipinski definition) is 4. The lowest BCUT2D eigenvalue weighted by atomic mass is 9.74. The Morgan fingerprint density at radius 1 is 1.04 bits per heavy atom. The second kappa shape index (κ2) is 5.66. The molecule has 7 nitrogen and oxygen atoms in total. The molecule has 27 heavy (non-hydrogen) atoms. The molecule has 0 saturated heterocycles. The maximum Gasteiger partial charge on any atom is 0.332 e. The Labute approximate surface area is 156 Å². The molecule has 2 atom stereocenters. The number of aromatic nitrogens is 4. The highest BCUT2D eigenvalue weighted by atomic mass is 16.2. The molecule has 2 unspecified atom stereocenters. The van der Waals surface area contributed by atoms with Crippen molar-refractivity contribution in [1.29, 1.82) is 0 Å². The van der Waals surface area contributed by atoms with Crippen molar-refractivity contribution in [3.05, 3.63) is 26.7 Å². The number of aryl methyl sites for hydroxylation is 1. The van der Waals surface area contributed by atoms with E-state index in [1.165, 1.54) is 4.57 Å². The van der Waals surface area contributed by atoms with Gasteiger partial charge in [-0.25, -0.2) is 9.78 Å². The summed E-state index contributed by atoms with van der Waals surface area (Å²) in [5.74, 6) is 2.05. The highest BCUT2D eigenvalue weighted by Gasteiger charge is 2.63. The van der Waals surface area contributed by atoms with E-state index in [9.17, 15) is 14.4 Å². The molecule has 1 N–H and O–H groups in total. The van der Waals surface area contributed by atoms with Gasteiger partial charge >= 0.3 is 5.69 Å². The maximum atomic E-state index is 13.0. The van der Waals surface area contributed by atoms with E-state index in [0.717, 1.165) is 44.3 Å². The molecular weight excluding hydrogens is 344 g/mol. The number of fused-ring (bicyclic) bond motifs is 1. The van der Waals surface area contributed by atoms with Gasteiger partial charge in [0, 0.05) is 30.3 Å². The molecule has 4 aliphatic carbocycles. The summed E-state index contributed by atoms with van der Waals surface area (Å²) < 4.78 is 2.98. The van der Waals surface area contributed by atoms with Gasteiger partial charge in [0.15, 0.2) is 5.65 Å². The van der Waals surface area contributed by atoms with Gasteiger partial charge in [0.2, 0.25) is 0 Å². The van der Waals surface area contributed by atoms with Crippen LogP contribution < -0.4 is 11.2 Å². The van der Waals surface area contributed by atoms with Crippen molar-refractivity contribution in [2.75, 3.05) is 0 Å². The van der Waals surface area contributed by atoms with E-state index in [1.54, 1.807) is 4.57 Å². The maximum absolute atomic E-state index is 13.0. The smallest absolute Gasteiger partial charge is 0.332 e. The number of rotatable bonds is 5. The zero-order valence-electron chi connectivity index (χ0n) is 16.0. The van der Waals surface area contributed by atoms with Gasteiger partial charge in [0.1, 0.15) is 17.1 Å². The zero-order chi connectivity index (χ0) is 18.9. The average molecular weight is 370 g/mol. The van der Waals surface area contributed by atoms with Crippen LogP contribution in [-0.2, 0) is 23.3 Å². The molecule has 2 aromatic heterocycles. The summed E-state index contributed by atoms with van der Waals surface area (Å²) in [6.45, 7) is 4.94. The van der Waals surface area contributed by atoms with Crippen molar-refractivity contribution in [3.63, 3.8) is 0 Å². The lowest BCUT2D eigenvalue weighted by molar-refractivity contribution is -0.129. The third kappa shape index (κ3) is 2.08. The monoisotopic (exact) mass is 370 g/mol. The average Bonchev–Trinajstić information content (AvgIpc) is 3.29. The quantitative estimate of drug-likeness (QED) is 0.871. The van der Waals surface area contributed by atoms with Crippen LogP contribution in [0.1, 0.15) is 58.2 Å². The topological polar surface area (TPSA) is 89.8 Å². The first-order chi connectivity index (χ1) is 13.0. The fourth-order valence-electron chi connectivity index (χ4n) is 6.10. The third-order valence-corrected chi connectivity index (χ3v) is 7.17.